The zero-order valence-corrected chi connectivity index (χ0v) is 16.4. The lowest BCUT2D eigenvalue weighted by atomic mass is 9.98. The lowest BCUT2D eigenvalue weighted by molar-refractivity contribution is 0.0682. The van der Waals surface area contributed by atoms with E-state index in [1.165, 1.54) is 25.2 Å². The second kappa shape index (κ2) is 6.80. The smallest absolute Gasteiger partial charge is 0.267 e. The van der Waals surface area contributed by atoms with Crippen LogP contribution in [0, 0.1) is 6.92 Å². The molecule has 144 valence electrons. The van der Waals surface area contributed by atoms with Crippen molar-refractivity contribution in [3.05, 3.63) is 53.9 Å². The van der Waals surface area contributed by atoms with Crippen LogP contribution < -0.4 is 5.32 Å². The highest BCUT2D eigenvalue weighted by Crippen LogP contribution is 2.30. The maximum Gasteiger partial charge on any atom is 0.267 e. The number of nitrogens with zero attached hydrogens (tertiary/aromatic N) is 2. The molecule has 2 fully saturated rings. The van der Waals surface area contributed by atoms with Crippen LogP contribution in [0.4, 0.5) is 0 Å². The van der Waals surface area contributed by atoms with Gasteiger partial charge in [0.15, 0.2) is 0 Å². The molecule has 1 aromatic carbocycles. The molecule has 2 saturated heterocycles. The quantitative estimate of drug-likeness (QED) is 0.874. The van der Waals surface area contributed by atoms with Gasteiger partial charge >= 0.3 is 0 Å². The van der Waals surface area contributed by atoms with Gasteiger partial charge in [-0.3, -0.25) is 4.79 Å². The van der Waals surface area contributed by atoms with Crippen LogP contribution in [0.2, 0.25) is 0 Å². The summed E-state index contributed by atoms with van der Waals surface area (Å²) in [7, 11) is -1.87. The third kappa shape index (κ3) is 3.41. The predicted octanol–water partition coefficient (Wildman–Crippen LogP) is 2.39. The molecule has 27 heavy (non-hydrogen) atoms. The highest BCUT2D eigenvalue weighted by molar-refractivity contribution is 7.90. The van der Waals surface area contributed by atoms with Crippen molar-refractivity contribution >= 4 is 15.9 Å². The standard InChI is InChI=1S/C20H25N3O3S/c1-14-3-7-19(8-4-14)27(25,26)23-10-9-15(13-23)20(24)22(2)18-11-16-5-6-17(12-18)21-16/h3-4,7-10,13,16-18,21H,5-6,11-12H2,1-2H3. The van der Waals surface area contributed by atoms with Gasteiger partial charge in [-0.25, -0.2) is 12.4 Å². The second-order valence-electron chi connectivity index (χ2n) is 7.73. The fourth-order valence-electron chi connectivity index (χ4n) is 4.20. The minimum atomic E-state index is -3.69. The number of fused-ring (bicyclic) bond motifs is 2. The first-order chi connectivity index (χ1) is 12.8. The Morgan fingerprint density at radius 1 is 1.11 bits per heavy atom. The highest BCUT2D eigenvalue weighted by Gasteiger charge is 2.36. The van der Waals surface area contributed by atoms with Crippen LogP contribution in [0.25, 0.3) is 0 Å². The van der Waals surface area contributed by atoms with Crippen molar-refractivity contribution in [3.8, 4) is 0 Å². The van der Waals surface area contributed by atoms with E-state index < -0.39 is 10.0 Å². The third-order valence-electron chi connectivity index (χ3n) is 5.83. The van der Waals surface area contributed by atoms with Crippen molar-refractivity contribution in [2.24, 2.45) is 0 Å². The first-order valence-corrected chi connectivity index (χ1v) is 10.8. The average Bonchev–Trinajstić information content (AvgIpc) is 3.28. The average molecular weight is 388 g/mol. The van der Waals surface area contributed by atoms with Crippen LogP contribution in [-0.4, -0.2) is 48.4 Å². The number of aryl methyl sites for hydroxylation is 1. The summed E-state index contributed by atoms with van der Waals surface area (Å²) < 4.78 is 26.7. The van der Waals surface area contributed by atoms with Gasteiger partial charge in [0.05, 0.1) is 10.5 Å². The van der Waals surface area contributed by atoms with E-state index >= 15 is 0 Å². The molecule has 1 N–H and O–H groups in total. The molecule has 6 nitrogen and oxygen atoms in total. The number of carbonyl (C=O) groups excluding carboxylic acids is 1. The Kier molecular flexibility index (Phi) is 4.60. The van der Waals surface area contributed by atoms with E-state index in [9.17, 15) is 13.2 Å². The first-order valence-electron chi connectivity index (χ1n) is 9.38. The van der Waals surface area contributed by atoms with E-state index in [0.717, 1.165) is 22.4 Å². The topological polar surface area (TPSA) is 71.4 Å². The van der Waals surface area contributed by atoms with Gasteiger partial charge in [0, 0.05) is 37.6 Å². The molecule has 0 radical (unpaired) electrons. The van der Waals surface area contributed by atoms with E-state index in [1.807, 2.05) is 14.0 Å². The van der Waals surface area contributed by atoms with Crippen molar-refractivity contribution < 1.29 is 13.2 Å². The van der Waals surface area contributed by atoms with Crippen molar-refractivity contribution in [1.82, 2.24) is 14.2 Å². The van der Waals surface area contributed by atoms with E-state index in [4.69, 9.17) is 0 Å². The maximum atomic E-state index is 12.9. The van der Waals surface area contributed by atoms with Gasteiger partial charge in [0.1, 0.15) is 0 Å². The van der Waals surface area contributed by atoms with Gasteiger partial charge < -0.3 is 10.2 Å². The van der Waals surface area contributed by atoms with E-state index in [-0.39, 0.29) is 16.8 Å². The zero-order valence-electron chi connectivity index (χ0n) is 15.6. The number of hydrogen-bond donors (Lipinski definition) is 1. The van der Waals surface area contributed by atoms with Crippen LogP contribution in [0.3, 0.4) is 0 Å². The molecule has 2 bridgehead atoms. The lowest BCUT2D eigenvalue weighted by Gasteiger charge is -2.35. The number of hydrogen-bond acceptors (Lipinski definition) is 4. The molecule has 2 aliphatic rings. The fourth-order valence-corrected chi connectivity index (χ4v) is 5.39. The Labute approximate surface area is 160 Å². The number of carbonyl (C=O) groups is 1. The number of amides is 1. The summed E-state index contributed by atoms with van der Waals surface area (Å²) in [5.41, 5.74) is 1.40. The summed E-state index contributed by atoms with van der Waals surface area (Å²) >= 11 is 0. The van der Waals surface area contributed by atoms with Crippen LogP contribution in [0.1, 0.15) is 41.6 Å². The van der Waals surface area contributed by atoms with Crippen LogP contribution in [0.15, 0.2) is 47.6 Å². The predicted molar refractivity (Wildman–Crippen MR) is 103 cm³/mol. The van der Waals surface area contributed by atoms with Gasteiger partial charge in [-0.2, -0.15) is 0 Å². The number of aromatic nitrogens is 1. The zero-order chi connectivity index (χ0) is 19.2. The molecular weight excluding hydrogens is 362 g/mol. The summed E-state index contributed by atoms with van der Waals surface area (Å²) in [4.78, 5) is 14.9. The molecule has 0 spiro atoms. The van der Waals surface area contributed by atoms with Crippen molar-refractivity contribution in [2.45, 2.75) is 55.6 Å². The van der Waals surface area contributed by atoms with Crippen LogP contribution in [-0.2, 0) is 10.0 Å². The van der Waals surface area contributed by atoms with Crippen molar-refractivity contribution in [2.75, 3.05) is 7.05 Å². The Morgan fingerprint density at radius 3 is 2.37 bits per heavy atom. The van der Waals surface area contributed by atoms with E-state index in [0.29, 0.717) is 17.6 Å². The van der Waals surface area contributed by atoms with Gasteiger partial charge in [-0.05, 0) is 50.8 Å². The van der Waals surface area contributed by atoms with E-state index in [1.54, 1.807) is 35.2 Å². The Bertz CT molecular complexity index is 937. The summed E-state index contributed by atoms with van der Waals surface area (Å²) in [6.45, 7) is 1.91. The molecule has 2 aromatic rings. The molecule has 2 unspecified atom stereocenters. The molecule has 2 atom stereocenters. The van der Waals surface area contributed by atoms with Crippen LogP contribution >= 0.6 is 0 Å². The maximum absolute atomic E-state index is 12.9. The lowest BCUT2D eigenvalue weighted by Crippen LogP contribution is -2.48. The van der Waals surface area contributed by atoms with E-state index in [2.05, 4.69) is 5.32 Å². The Balaban J connectivity index is 1.53. The molecular formula is C20H25N3O3S. The van der Waals surface area contributed by atoms with Gasteiger partial charge in [0.2, 0.25) is 0 Å². The number of benzene rings is 1. The monoisotopic (exact) mass is 387 g/mol. The Morgan fingerprint density at radius 2 is 1.74 bits per heavy atom. The Hall–Kier alpha value is -2.12. The molecule has 4 rings (SSSR count). The molecule has 0 saturated carbocycles. The second-order valence-corrected chi connectivity index (χ2v) is 9.57. The van der Waals surface area contributed by atoms with Crippen molar-refractivity contribution in [1.29, 1.82) is 0 Å². The third-order valence-corrected chi connectivity index (χ3v) is 7.48. The molecule has 2 aliphatic heterocycles. The summed E-state index contributed by atoms with van der Waals surface area (Å²) in [5, 5.41) is 3.58. The molecule has 1 aromatic heterocycles. The minimum absolute atomic E-state index is 0.126. The largest absolute Gasteiger partial charge is 0.339 e. The summed E-state index contributed by atoms with van der Waals surface area (Å²) in [5.74, 6) is -0.126. The summed E-state index contributed by atoms with van der Waals surface area (Å²) in [6.07, 6.45) is 7.14. The molecule has 1 amide bonds. The van der Waals surface area contributed by atoms with Gasteiger partial charge in [-0.1, -0.05) is 17.7 Å². The van der Waals surface area contributed by atoms with Crippen molar-refractivity contribution in [3.63, 3.8) is 0 Å². The van der Waals surface area contributed by atoms with Crippen LogP contribution in [0.5, 0.6) is 0 Å². The summed E-state index contributed by atoms with van der Waals surface area (Å²) in [6, 6.07) is 9.48. The SMILES string of the molecule is Cc1ccc(S(=O)(=O)n2ccc(C(=O)N(C)C3CC4CCC(C3)N4)c2)cc1. The number of rotatable bonds is 4. The number of nitrogens with one attached hydrogen (secondary N) is 1. The fraction of sp³-hybridized carbons (Fsp3) is 0.450. The number of piperidine rings is 1. The molecule has 3 heterocycles. The van der Waals surface area contributed by atoms with Gasteiger partial charge in [-0.15, -0.1) is 0 Å². The molecule has 7 heteroatoms. The highest BCUT2D eigenvalue weighted by atomic mass is 32.2. The molecule has 0 aliphatic carbocycles. The minimum Gasteiger partial charge on any atom is -0.339 e. The van der Waals surface area contributed by atoms with Gasteiger partial charge in [0.25, 0.3) is 15.9 Å². The first kappa shape index (κ1) is 18.3. The normalized spacial score (nSPS) is 24.7.